The largest absolute Gasteiger partial charge is 0.269 e. The van der Waals surface area contributed by atoms with Gasteiger partial charge in [-0.25, -0.2) is 8.93 Å². The zero-order valence-corrected chi connectivity index (χ0v) is 14.9. The molecule has 0 fully saturated rings. The second-order valence-electron chi connectivity index (χ2n) is 6.59. The lowest BCUT2D eigenvalue weighted by molar-refractivity contribution is -0.384. The van der Waals surface area contributed by atoms with Crippen molar-refractivity contribution in [1.29, 1.82) is 0 Å². The maximum atomic E-state index is 12.5. The average Bonchev–Trinajstić information content (AvgIpc) is 2.54. The summed E-state index contributed by atoms with van der Waals surface area (Å²) in [6.07, 6.45) is 0.601. The van der Waals surface area contributed by atoms with E-state index >= 15 is 0 Å². The third-order valence-corrected chi connectivity index (χ3v) is 5.21. The summed E-state index contributed by atoms with van der Waals surface area (Å²) in [5.74, 6) is 0. The molecule has 2 aromatic carbocycles. The Morgan fingerprint density at radius 3 is 2.17 bits per heavy atom. The number of hydrogen-bond donors (Lipinski definition) is 1. The molecule has 128 valence electrons. The number of rotatable bonds is 6. The molecule has 0 unspecified atom stereocenters. The van der Waals surface area contributed by atoms with Gasteiger partial charge < -0.3 is 0 Å². The van der Waals surface area contributed by atoms with E-state index in [4.69, 9.17) is 0 Å². The molecule has 0 saturated carbocycles. The molecule has 0 aromatic heterocycles. The monoisotopic (exact) mass is 346 g/mol. The predicted molar refractivity (Wildman–Crippen MR) is 97.0 cm³/mol. The second kappa shape index (κ2) is 7.68. The highest BCUT2D eigenvalue weighted by Crippen LogP contribution is 2.22. The number of nitro benzene ring substituents is 1. The molecule has 1 N–H and O–H groups in total. The van der Waals surface area contributed by atoms with Gasteiger partial charge in [0.25, 0.3) is 5.69 Å². The van der Waals surface area contributed by atoms with Crippen LogP contribution in [0.2, 0.25) is 0 Å². The van der Waals surface area contributed by atoms with Crippen molar-refractivity contribution in [2.45, 2.75) is 38.0 Å². The Balaban J connectivity index is 2.23. The molecule has 6 heteroatoms. The molecule has 5 nitrogen and oxygen atoms in total. The Labute approximate surface area is 144 Å². The van der Waals surface area contributed by atoms with Gasteiger partial charge in [0, 0.05) is 18.2 Å². The van der Waals surface area contributed by atoms with Gasteiger partial charge in [-0.15, -0.1) is 0 Å². The van der Waals surface area contributed by atoms with Crippen LogP contribution in [0.1, 0.15) is 37.9 Å². The van der Waals surface area contributed by atoms with Crippen molar-refractivity contribution in [3.63, 3.8) is 0 Å². The molecular formula is C18H22N2O3S. The lowest BCUT2D eigenvalue weighted by Crippen LogP contribution is -2.36. The van der Waals surface area contributed by atoms with Crippen molar-refractivity contribution in [3.8, 4) is 0 Å². The van der Waals surface area contributed by atoms with Crippen molar-refractivity contribution in [2.24, 2.45) is 0 Å². The van der Waals surface area contributed by atoms with Gasteiger partial charge in [-0.3, -0.25) is 10.1 Å². The van der Waals surface area contributed by atoms with E-state index in [1.165, 1.54) is 12.1 Å². The molecule has 2 atom stereocenters. The van der Waals surface area contributed by atoms with Crippen LogP contribution in [0.25, 0.3) is 0 Å². The topological polar surface area (TPSA) is 72.2 Å². The number of benzene rings is 2. The van der Waals surface area contributed by atoms with E-state index in [0.717, 1.165) is 11.1 Å². The molecule has 0 aliphatic rings. The van der Waals surface area contributed by atoms with Gasteiger partial charge in [0.1, 0.15) is 0 Å². The number of hydrogen-bond acceptors (Lipinski definition) is 3. The Morgan fingerprint density at radius 1 is 1.08 bits per heavy atom. The lowest BCUT2D eigenvalue weighted by Gasteiger charge is -2.24. The average molecular weight is 346 g/mol. The van der Waals surface area contributed by atoms with Gasteiger partial charge in [0.2, 0.25) is 0 Å². The van der Waals surface area contributed by atoms with Crippen LogP contribution in [-0.4, -0.2) is 13.9 Å². The quantitative estimate of drug-likeness (QED) is 0.636. The summed E-state index contributed by atoms with van der Waals surface area (Å²) in [6.45, 7) is 5.76. The van der Waals surface area contributed by atoms with Crippen LogP contribution < -0.4 is 4.72 Å². The van der Waals surface area contributed by atoms with Gasteiger partial charge in [-0.1, -0.05) is 42.5 Å². The van der Waals surface area contributed by atoms with E-state index < -0.39 is 15.9 Å². The third-order valence-electron chi connectivity index (χ3n) is 3.59. The lowest BCUT2D eigenvalue weighted by atomic mass is 10.00. The summed E-state index contributed by atoms with van der Waals surface area (Å²) < 4.78 is 15.3. The fourth-order valence-electron chi connectivity index (χ4n) is 2.21. The summed E-state index contributed by atoms with van der Waals surface area (Å²) in [6, 6.07) is 16.2. The van der Waals surface area contributed by atoms with E-state index in [9.17, 15) is 14.3 Å². The zero-order chi connectivity index (χ0) is 17.7. The van der Waals surface area contributed by atoms with Crippen LogP contribution in [0.4, 0.5) is 5.69 Å². The third kappa shape index (κ3) is 4.97. The molecule has 0 radical (unpaired) electrons. The molecule has 0 saturated heterocycles. The Kier molecular flexibility index (Phi) is 5.85. The van der Waals surface area contributed by atoms with Crippen LogP contribution in [0.5, 0.6) is 0 Å². The maximum Gasteiger partial charge on any atom is 0.269 e. The Bertz CT molecular complexity index is 709. The first-order valence-electron chi connectivity index (χ1n) is 7.73. The predicted octanol–water partition coefficient (Wildman–Crippen LogP) is 3.93. The Hall–Kier alpha value is -2.05. The summed E-state index contributed by atoms with van der Waals surface area (Å²) in [5.41, 5.74) is 2.06. The molecule has 0 aliphatic carbocycles. The number of nitrogens with one attached hydrogen (secondary N) is 1. The summed E-state index contributed by atoms with van der Waals surface area (Å²) >= 11 is 0. The molecule has 0 heterocycles. The highest BCUT2D eigenvalue weighted by Gasteiger charge is 2.24. The maximum absolute atomic E-state index is 12.5. The fraction of sp³-hybridized carbons (Fsp3) is 0.333. The number of nitrogens with zero attached hydrogens (tertiary/aromatic N) is 1. The molecule has 2 aromatic rings. The number of nitro groups is 1. The molecule has 0 amide bonds. The summed E-state index contributed by atoms with van der Waals surface area (Å²) in [5, 5.41) is 10.8. The Morgan fingerprint density at radius 2 is 1.67 bits per heavy atom. The molecule has 0 bridgehead atoms. The fourth-order valence-corrected chi connectivity index (χ4v) is 3.04. The van der Waals surface area contributed by atoms with Crippen molar-refractivity contribution < 1.29 is 9.13 Å². The minimum Gasteiger partial charge on any atom is -0.258 e. The van der Waals surface area contributed by atoms with Gasteiger partial charge in [-0.05, 0) is 38.3 Å². The second-order valence-corrected chi connectivity index (χ2v) is 8.59. The first kappa shape index (κ1) is 18.3. The minimum absolute atomic E-state index is 0.0706. The van der Waals surface area contributed by atoms with Gasteiger partial charge >= 0.3 is 0 Å². The molecular weight excluding hydrogens is 324 g/mol. The van der Waals surface area contributed by atoms with Crippen LogP contribution in [0.15, 0.2) is 54.6 Å². The molecule has 0 aliphatic heterocycles. The van der Waals surface area contributed by atoms with Crippen molar-refractivity contribution in [2.75, 3.05) is 0 Å². The molecule has 24 heavy (non-hydrogen) atoms. The normalized spacial score (nSPS) is 14.1. The molecule has 2 rings (SSSR count). The van der Waals surface area contributed by atoms with E-state index in [0.29, 0.717) is 6.42 Å². The first-order valence-corrected chi connectivity index (χ1v) is 8.88. The van der Waals surface area contributed by atoms with Crippen molar-refractivity contribution in [3.05, 3.63) is 75.8 Å². The van der Waals surface area contributed by atoms with E-state index in [-0.39, 0.29) is 16.5 Å². The van der Waals surface area contributed by atoms with Crippen LogP contribution in [0.3, 0.4) is 0 Å². The van der Waals surface area contributed by atoms with Gasteiger partial charge in [-0.2, -0.15) is 0 Å². The number of non-ortho nitro benzene ring substituents is 1. The molecule has 0 spiro atoms. The van der Waals surface area contributed by atoms with Gasteiger partial charge in [0.15, 0.2) is 0 Å². The van der Waals surface area contributed by atoms with E-state index in [2.05, 4.69) is 4.72 Å². The standard InChI is InChI=1S/C18H22N2O3S/c1-18(2,3)24(23)19-17(15-7-5-4-6-8-15)13-14-9-11-16(12-10-14)20(21)22/h4-12,17,19H,13H2,1-3H3/t17-,24-/m1/s1. The van der Waals surface area contributed by atoms with E-state index in [1.54, 1.807) is 12.1 Å². The zero-order valence-electron chi connectivity index (χ0n) is 14.1. The summed E-state index contributed by atoms with van der Waals surface area (Å²) in [7, 11) is -1.21. The smallest absolute Gasteiger partial charge is 0.258 e. The van der Waals surface area contributed by atoms with Crippen molar-refractivity contribution in [1.82, 2.24) is 4.72 Å². The van der Waals surface area contributed by atoms with Crippen LogP contribution in [0, 0.1) is 10.1 Å². The SMILES string of the molecule is CC(C)(C)[S@@](=O)N[C@H](Cc1ccc([N+](=O)[O-])cc1)c1ccccc1. The highest BCUT2D eigenvalue weighted by atomic mass is 32.2. The van der Waals surface area contributed by atoms with Gasteiger partial charge in [0.05, 0.1) is 20.7 Å². The highest BCUT2D eigenvalue weighted by molar-refractivity contribution is 7.84. The van der Waals surface area contributed by atoms with Crippen LogP contribution >= 0.6 is 0 Å². The van der Waals surface area contributed by atoms with Crippen molar-refractivity contribution >= 4 is 16.7 Å². The summed E-state index contributed by atoms with van der Waals surface area (Å²) in [4.78, 5) is 10.4. The first-order chi connectivity index (χ1) is 11.3. The minimum atomic E-state index is -1.21. The van der Waals surface area contributed by atoms with E-state index in [1.807, 2.05) is 51.1 Å². The van der Waals surface area contributed by atoms with Crippen LogP contribution in [-0.2, 0) is 17.4 Å².